The molecule has 0 atom stereocenters. The first-order valence-corrected chi connectivity index (χ1v) is 8.63. The largest absolute Gasteiger partial charge is 0.350 e. The Morgan fingerprint density at radius 3 is 2.70 bits per heavy atom. The molecule has 8 nitrogen and oxygen atoms in total. The fourth-order valence-electron chi connectivity index (χ4n) is 2.92. The number of benzene rings is 1. The minimum Gasteiger partial charge on any atom is -0.350 e. The molecule has 0 saturated carbocycles. The predicted octanol–water partition coefficient (Wildman–Crippen LogP) is 1.72. The first-order valence-electron chi connectivity index (χ1n) is 8.25. The van der Waals surface area contributed by atoms with E-state index in [9.17, 15) is 9.59 Å². The molecule has 9 heteroatoms. The number of hydrogen-bond acceptors (Lipinski definition) is 5. The van der Waals surface area contributed by atoms with Crippen LogP contribution in [0, 0.1) is 6.92 Å². The highest BCUT2D eigenvalue weighted by molar-refractivity contribution is 6.30. The van der Waals surface area contributed by atoms with E-state index in [1.54, 1.807) is 41.8 Å². The van der Waals surface area contributed by atoms with Gasteiger partial charge in [-0.25, -0.2) is 4.98 Å². The van der Waals surface area contributed by atoms with Crippen molar-refractivity contribution in [3.05, 3.63) is 69.4 Å². The van der Waals surface area contributed by atoms with Crippen LogP contribution in [-0.4, -0.2) is 30.1 Å². The molecule has 4 rings (SSSR count). The molecule has 0 unspecified atom stereocenters. The van der Waals surface area contributed by atoms with E-state index in [2.05, 4.69) is 20.5 Å². The number of halogens is 1. The molecule has 136 valence electrons. The van der Waals surface area contributed by atoms with Crippen molar-refractivity contribution in [2.75, 3.05) is 0 Å². The van der Waals surface area contributed by atoms with Gasteiger partial charge in [-0.05, 0) is 36.8 Å². The smallest absolute Gasteiger partial charge is 0.297 e. The Kier molecular flexibility index (Phi) is 4.33. The Morgan fingerprint density at radius 2 is 1.93 bits per heavy atom. The minimum atomic E-state index is -0.391. The number of amides is 1. The topological polar surface area (TPSA) is 94.2 Å². The van der Waals surface area contributed by atoms with Gasteiger partial charge in [0.2, 0.25) is 11.6 Å². The van der Waals surface area contributed by atoms with Crippen LogP contribution in [0.2, 0.25) is 5.02 Å². The Bertz CT molecular complexity index is 1210. The molecule has 1 N–H and O–H groups in total. The van der Waals surface area contributed by atoms with Gasteiger partial charge < -0.3 is 5.32 Å². The van der Waals surface area contributed by atoms with Crippen molar-refractivity contribution in [1.29, 1.82) is 0 Å². The van der Waals surface area contributed by atoms with E-state index in [-0.39, 0.29) is 18.1 Å². The Balaban J connectivity index is 1.66. The van der Waals surface area contributed by atoms with Gasteiger partial charge in [0.1, 0.15) is 12.4 Å². The number of hydrogen-bond donors (Lipinski definition) is 1. The van der Waals surface area contributed by atoms with Crippen LogP contribution >= 0.6 is 11.6 Å². The standard InChI is InChI=1S/C18H15ClN6O2/c1-11-22-23-17-18(27)24(14-3-2-8-20-16(14)25(11)17)10-15(26)21-9-12-4-6-13(19)7-5-12/h2-8H,9-10H2,1H3,(H,21,26). The highest BCUT2D eigenvalue weighted by Crippen LogP contribution is 2.13. The summed E-state index contributed by atoms with van der Waals surface area (Å²) in [4.78, 5) is 29.6. The molecule has 0 aliphatic heterocycles. The molecule has 0 radical (unpaired) electrons. The van der Waals surface area contributed by atoms with Gasteiger partial charge >= 0.3 is 0 Å². The van der Waals surface area contributed by atoms with E-state index in [0.29, 0.717) is 28.6 Å². The molecule has 0 fully saturated rings. The average molecular weight is 383 g/mol. The van der Waals surface area contributed by atoms with Crippen LogP contribution in [0.3, 0.4) is 0 Å². The molecule has 0 bridgehead atoms. The second-order valence-electron chi connectivity index (χ2n) is 6.05. The zero-order valence-electron chi connectivity index (χ0n) is 14.4. The average Bonchev–Trinajstić information content (AvgIpc) is 3.07. The lowest BCUT2D eigenvalue weighted by molar-refractivity contribution is -0.121. The molecule has 0 saturated heterocycles. The molecule has 4 aromatic rings. The third kappa shape index (κ3) is 3.15. The van der Waals surface area contributed by atoms with Gasteiger partial charge in [0, 0.05) is 17.8 Å². The third-order valence-corrected chi connectivity index (χ3v) is 4.49. The number of carbonyl (C=O) groups is 1. The molecule has 27 heavy (non-hydrogen) atoms. The van der Waals surface area contributed by atoms with Gasteiger partial charge in [-0.1, -0.05) is 23.7 Å². The lowest BCUT2D eigenvalue weighted by Gasteiger charge is -2.11. The van der Waals surface area contributed by atoms with Gasteiger partial charge in [0.25, 0.3) is 5.56 Å². The third-order valence-electron chi connectivity index (χ3n) is 4.23. The van der Waals surface area contributed by atoms with Crippen molar-refractivity contribution in [2.24, 2.45) is 0 Å². The van der Waals surface area contributed by atoms with E-state index >= 15 is 0 Å². The number of nitrogens with one attached hydrogen (secondary N) is 1. The van der Waals surface area contributed by atoms with Crippen molar-refractivity contribution in [1.82, 2.24) is 29.5 Å². The van der Waals surface area contributed by atoms with E-state index < -0.39 is 5.56 Å². The van der Waals surface area contributed by atoms with Crippen LogP contribution in [0.4, 0.5) is 0 Å². The van der Waals surface area contributed by atoms with Gasteiger partial charge in [-0.15, -0.1) is 10.2 Å². The lowest BCUT2D eigenvalue weighted by atomic mass is 10.2. The Morgan fingerprint density at radius 1 is 1.15 bits per heavy atom. The maximum absolute atomic E-state index is 12.8. The summed E-state index contributed by atoms with van der Waals surface area (Å²) in [5.74, 6) is 0.267. The molecule has 1 amide bonds. The molecule has 3 aromatic heterocycles. The maximum Gasteiger partial charge on any atom is 0.297 e. The monoisotopic (exact) mass is 382 g/mol. The second kappa shape index (κ2) is 6.81. The highest BCUT2D eigenvalue weighted by Gasteiger charge is 2.17. The van der Waals surface area contributed by atoms with E-state index in [1.165, 1.54) is 4.57 Å². The molecule has 0 aliphatic rings. The van der Waals surface area contributed by atoms with Crippen LogP contribution in [-0.2, 0) is 17.9 Å². The van der Waals surface area contributed by atoms with Crippen LogP contribution in [0.15, 0.2) is 47.4 Å². The normalized spacial score (nSPS) is 11.2. The van der Waals surface area contributed by atoms with Crippen LogP contribution < -0.4 is 10.9 Å². The summed E-state index contributed by atoms with van der Waals surface area (Å²) in [5, 5.41) is 11.3. The SMILES string of the molecule is Cc1nnc2c(=O)n(CC(=O)NCc3ccc(Cl)cc3)c3cccnc3n12. The summed E-state index contributed by atoms with van der Waals surface area (Å²) in [5.41, 5.74) is 1.73. The van der Waals surface area contributed by atoms with E-state index in [4.69, 9.17) is 11.6 Å². The van der Waals surface area contributed by atoms with Crippen molar-refractivity contribution >= 4 is 34.3 Å². The van der Waals surface area contributed by atoms with Crippen molar-refractivity contribution in [3.8, 4) is 0 Å². The first-order chi connectivity index (χ1) is 13.0. The van der Waals surface area contributed by atoms with Gasteiger partial charge in [-0.2, -0.15) is 0 Å². The summed E-state index contributed by atoms with van der Waals surface area (Å²) in [6.07, 6.45) is 1.62. The van der Waals surface area contributed by atoms with Crippen molar-refractivity contribution in [3.63, 3.8) is 0 Å². The quantitative estimate of drug-likeness (QED) is 0.580. The lowest BCUT2D eigenvalue weighted by Crippen LogP contribution is -2.33. The fourth-order valence-corrected chi connectivity index (χ4v) is 3.04. The Hall–Kier alpha value is -3.26. The molecular formula is C18H15ClN6O2. The number of pyridine rings is 1. The summed E-state index contributed by atoms with van der Waals surface area (Å²) >= 11 is 5.86. The summed E-state index contributed by atoms with van der Waals surface area (Å²) in [7, 11) is 0. The van der Waals surface area contributed by atoms with E-state index in [1.807, 2.05) is 12.1 Å². The zero-order chi connectivity index (χ0) is 19.0. The van der Waals surface area contributed by atoms with Crippen LogP contribution in [0.1, 0.15) is 11.4 Å². The number of fused-ring (bicyclic) bond motifs is 3. The number of aryl methyl sites for hydroxylation is 1. The minimum absolute atomic E-state index is 0.142. The molecule has 0 aliphatic carbocycles. The van der Waals surface area contributed by atoms with E-state index in [0.717, 1.165) is 5.56 Å². The maximum atomic E-state index is 12.8. The van der Waals surface area contributed by atoms with Gasteiger partial charge in [0.05, 0.1) is 5.52 Å². The van der Waals surface area contributed by atoms with Crippen LogP contribution in [0.5, 0.6) is 0 Å². The summed E-state index contributed by atoms with van der Waals surface area (Å²) in [6.45, 7) is 1.95. The molecular weight excluding hydrogens is 368 g/mol. The first kappa shape index (κ1) is 17.2. The van der Waals surface area contributed by atoms with Gasteiger partial charge in [0.15, 0.2) is 5.65 Å². The Labute approximate surface area is 158 Å². The molecule has 1 aromatic carbocycles. The summed E-state index contributed by atoms with van der Waals surface area (Å²) in [6, 6.07) is 10.6. The number of aromatic nitrogens is 5. The zero-order valence-corrected chi connectivity index (χ0v) is 15.1. The number of carbonyl (C=O) groups excluding carboxylic acids is 1. The number of rotatable bonds is 4. The van der Waals surface area contributed by atoms with Gasteiger partial charge in [-0.3, -0.25) is 18.6 Å². The van der Waals surface area contributed by atoms with Crippen LogP contribution in [0.25, 0.3) is 16.8 Å². The van der Waals surface area contributed by atoms with Crippen molar-refractivity contribution in [2.45, 2.75) is 20.0 Å². The highest BCUT2D eigenvalue weighted by atomic mass is 35.5. The molecule has 0 spiro atoms. The predicted molar refractivity (Wildman–Crippen MR) is 101 cm³/mol. The fraction of sp³-hybridized carbons (Fsp3) is 0.167. The second-order valence-corrected chi connectivity index (χ2v) is 6.48. The summed E-state index contributed by atoms with van der Waals surface area (Å²) < 4.78 is 2.96. The molecule has 3 heterocycles. The van der Waals surface area contributed by atoms with Crippen molar-refractivity contribution < 1.29 is 4.79 Å². The number of nitrogens with zero attached hydrogens (tertiary/aromatic N) is 5.